The van der Waals surface area contributed by atoms with E-state index < -0.39 is 0 Å². The minimum atomic E-state index is -0.334. The van der Waals surface area contributed by atoms with E-state index in [0.29, 0.717) is 6.54 Å². The second-order valence-electron chi connectivity index (χ2n) is 5.83. The molecule has 1 unspecified atom stereocenters. The van der Waals surface area contributed by atoms with Gasteiger partial charge in [-0.3, -0.25) is 10.1 Å². The molecule has 0 spiro atoms. The van der Waals surface area contributed by atoms with Crippen molar-refractivity contribution in [1.29, 1.82) is 0 Å². The Balaban J connectivity index is 2.14. The molecule has 122 valence electrons. The van der Waals surface area contributed by atoms with E-state index >= 15 is 0 Å². The summed E-state index contributed by atoms with van der Waals surface area (Å²) in [5.74, 6) is 0.104. The lowest BCUT2D eigenvalue weighted by Crippen LogP contribution is -2.24. The summed E-state index contributed by atoms with van der Waals surface area (Å²) in [6.45, 7) is 4.31. The van der Waals surface area contributed by atoms with Crippen LogP contribution in [0.2, 0.25) is 0 Å². The summed E-state index contributed by atoms with van der Waals surface area (Å²) in [6, 6.07) is 14.8. The molecule has 0 saturated heterocycles. The lowest BCUT2D eigenvalue weighted by Gasteiger charge is -2.17. The molecule has 0 fully saturated rings. The van der Waals surface area contributed by atoms with Crippen LogP contribution >= 0.6 is 0 Å². The molecule has 0 amide bonds. The van der Waals surface area contributed by atoms with Gasteiger partial charge in [0.2, 0.25) is 0 Å². The first-order valence-corrected chi connectivity index (χ1v) is 7.69. The predicted molar refractivity (Wildman–Crippen MR) is 90.3 cm³/mol. The van der Waals surface area contributed by atoms with Gasteiger partial charge in [-0.05, 0) is 17.0 Å². The molecule has 5 nitrogen and oxygen atoms in total. The van der Waals surface area contributed by atoms with E-state index in [9.17, 15) is 15.2 Å². The number of nitrogens with one attached hydrogen (secondary N) is 1. The average molecular weight is 314 g/mol. The van der Waals surface area contributed by atoms with Gasteiger partial charge in [-0.1, -0.05) is 56.3 Å². The van der Waals surface area contributed by atoms with Gasteiger partial charge in [-0.2, -0.15) is 0 Å². The largest absolute Gasteiger partial charge is 0.394 e. The summed E-state index contributed by atoms with van der Waals surface area (Å²) >= 11 is 0. The minimum absolute atomic E-state index is 0.0316. The maximum absolute atomic E-state index is 11.2. The van der Waals surface area contributed by atoms with Crippen LogP contribution < -0.4 is 5.32 Å². The molecule has 0 saturated carbocycles. The van der Waals surface area contributed by atoms with Crippen LogP contribution in [0.15, 0.2) is 48.5 Å². The molecule has 2 N–H and O–H groups in total. The summed E-state index contributed by atoms with van der Waals surface area (Å²) in [5, 5.41) is 24.0. The maximum atomic E-state index is 11.2. The quantitative estimate of drug-likeness (QED) is 0.605. The van der Waals surface area contributed by atoms with E-state index in [2.05, 4.69) is 5.32 Å². The molecule has 0 aromatic heterocycles. The minimum Gasteiger partial charge on any atom is -0.394 e. The Bertz CT molecular complexity index is 657. The highest BCUT2D eigenvalue weighted by Crippen LogP contribution is 2.27. The molecule has 23 heavy (non-hydrogen) atoms. The van der Waals surface area contributed by atoms with Crippen molar-refractivity contribution >= 4 is 5.69 Å². The van der Waals surface area contributed by atoms with E-state index in [0.717, 1.165) is 16.7 Å². The standard InChI is InChI=1S/C18H22N2O3/c1-13(2)16-9-8-14(10-18(16)20(22)23)11-19-17(12-21)15-6-4-3-5-7-15/h3-10,13,17,19,21H,11-12H2,1-2H3. The Labute approximate surface area is 136 Å². The Morgan fingerprint density at radius 1 is 1.17 bits per heavy atom. The Kier molecular flexibility index (Phi) is 5.84. The first-order valence-electron chi connectivity index (χ1n) is 7.69. The smallest absolute Gasteiger partial charge is 0.273 e. The summed E-state index contributed by atoms with van der Waals surface area (Å²) in [5.41, 5.74) is 2.71. The molecular weight excluding hydrogens is 292 g/mol. The summed E-state index contributed by atoms with van der Waals surface area (Å²) in [7, 11) is 0. The number of nitrogens with zero attached hydrogens (tertiary/aromatic N) is 1. The van der Waals surface area contributed by atoms with Crippen LogP contribution in [0.5, 0.6) is 0 Å². The Morgan fingerprint density at radius 3 is 2.43 bits per heavy atom. The number of rotatable bonds is 7. The molecule has 0 aliphatic heterocycles. The zero-order chi connectivity index (χ0) is 16.8. The van der Waals surface area contributed by atoms with Crippen molar-refractivity contribution in [3.05, 3.63) is 75.3 Å². The Morgan fingerprint density at radius 2 is 1.87 bits per heavy atom. The molecule has 2 aromatic rings. The van der Waals surface area contributed by atoms with Crippen molar-refractivity contribution in [3.63, 3.8) is 0 Å². The molecule has 0 heterocycles. The fourth-order valence-corrected chi connectivity index (χ4v) is 2.56. The SMILES string of the molecule is CC(C)c1ccc(CNC(CO)c2ccccc2)cc1[N+](=O)[O-]. The van der Waals surface area contributed by atoms with E-state index in [1.165, 1.54) is 0 Å². The highest BCUT2D eigenvalue weighted by atomic mass is 16.6. The molecule has 0 aliphatic rings. The van der Waals surface area contributed by atoms with Crippen molar-refractivity contribution in [2.45, 2.75) is 32.4 Å². The third-order valence-electron chi connectivity index (χ3n) is 3.85. The number of aliphatic hydroxyl groups is 1. The normalized spacial score (nSPS) is 12.3. The predicted octanol–water partition coefficient (Wildman–Crippen LogP) is 3.54. The number of benzene rings is 2. The fourth-order valence-electron chi connectivity index (χ4n) is 2.56. The van der Waals surface area contributed by atoms with Crippen molar-refractivity contribution < 1.29 is 10.0 Å². The number of hydrogen-bond donors (Lipinski definition) is 2. The van der Waals surface area contributed by atoms with Crippen molar-refractivity contribution in [3.8, 4) is 0 Å². The molecule has 2 rings (SSSR count). The number of hydrogen-bond acceptors (Lipinski definition) is 4. The zero-order valence-corrected chi connectivity index (χ0v) is 13.4. The second kappa shape index (κ2) is 7.85. The van der Waals surface area contributed by atoms with Crippen LogP contribution in [0.25, 0.3) is 0 Å². The van der Waals surface area contributed by atoms with Gasteiger partial charge in [0, 0.05) is 18.2 Å². The van der Waals surface area contributed by atoms with Crippen LogP contribution in [-0.2, 0) is 6.54 Å². The van der Waals surface area contributed by atoms with E-state index in [-0.39, 0.29) is 29.2 Å². The van der Waals surface area contributed by atoms with Crippen LogP contribution in [0.3, 0.4) is 0 Å². The van der Waals surface area contributed by atoms with Gasteiger partial charge in [0.05, 0.1) is 17.6 Å². The molecule has 1 atom stereocenters. The lowest BCUT2D eigenvalue weighted by molar-refractivity contribution is -0.385. The first kappa shape index (κ1) is 17.1. The van der Waals surface area contributed by atoms with Crippen molar-refractivity contribution in [2.75, 3.05) is 6.61 Å². The van der Waals surface area contributed by atoms with Gasteiger partial charge in [-0.15, -0.1) is 0 Å². The van der Waals surface area contributed by atoms with Gasteiger partial charge in [0.25, 0.3) is 5.69 Å². The van der Waals surface area contributed by atoms with Gasteiger partial charge in [0.1, 0.15) is 0 Å². The van der Waals surface area contributed by atoms with Crippen molar-refractivity contribution in [2.24, 2.45) is 0 Å². The summed E-state index contributed by atoms with van der Waals surface area (Å²) in [4.78, 5) is 10.9. The molecule has 2 aromatic carbocycles. The number of nitro groups is 1. The third-order valence-corrected chi connectivity index (χ3v) is 3.85. The van der Waals surface area contributed by atoms with Gasteiger partial charge < -0.3 is 10.4 Å². The van der Waals surface area contributed by atoms with Gasteiger partial charge >= 0.3 is 0 Å². The van der Waals surface area contributed by atoms with E-state index in [1.54, 1.807) is 6.07 Å². The monoisotopic (exact) mass is 314 g/mol. The second-order valence-corrected chi connectivity index (χ2v) is 5.83. The summed E-state index contributed by atoms with van der Waals surface area (Å²) < 4.78 is 0. The highest BCUT2D eigenvalue weighted by molar-refractivity contribution is 5.45. The topological polar surface area (TPSA) is 75.4 Å². The number of nitro benzene ring substituents is 1. The number of aliphatic hydroxyl groups excluding tert-OH is 1. The fraction of sp³-hybridized carbons (Fsp3) is 0.333. The molecular formula is C18H22N2O3. The molecule has 0 bridgehead atoms. The maximum Gasteiger partial charge on any atom is 0.273 e. The van der Waals surface area contributed by atoms with Crippen LogP contribution in [-0.4, -0.2) is 16.6 Å². The van der Waals surface area contributed by atoms with Gasteiger partial charge in [0.15, 0.2) is 0 Å². The highest BCUT2D eigenvalue weighted by Gasteiger charge is 2.17. The molecule has 0 radical (unpaired) electrons. The van der Waals surface area contributed by atoms with Gasteiger partial charge in [-0.25, -0.2) is 0 Å². The van der Waals surface area contributed by atoms with E-state index in [1.807, 2.05) is 56.3 Å². The zero-order valence-electron chi connectivity index (χ0n) is 13.4. The lowest BCUT2D eigenvalue weighted by atomic mass is 9.99. The van der Waals surface area contributed by atoms with Crippen molar-refractivity contribution in [1.82, 2.24) is 5.32 Å². The molecule has 5 heteroatoms. The third kappa shape index (κ3) is 4.37. The van der Waals surface area contributed by atoms with Crippen LogP contribution in [0, 0.1) is 10.1 Å². The van der Waals surface area contributed by atoms with Crippen LogP contribution in [0.4, 0.5) is 5.69 Å². The summed E-state index contributed by atoms with van der Waals surface area (Å²) in [6.07, 6.45) is 0. The molecule has 0 aliphatic carbocycles. The average Bonchev–Trinajstić information content (AvgIpc) is 2.56. The van der Waals surface area contributed by atoms with Crippen LogP contribution in [0.1, 0.15) is 42.5 Å². The Hall–Kier alpha value is -2.24. The first-order chi connectivity index (χ1) is 11.0. The van der Waals surface area contributed by atoms with E-state index in [4.69, 9.17) is 0 Å².